The van der Waals surface area contributed by atoms with Gasteiger partial charge in [0.25, 0.3) is 0 Å². The first-order chi connectivity index (χ1) is 17.9. The number of benzene rings is 3. The second-order valence-electron chi connectivity index (χ2n) is 8.46. The average Bonchev–Trinajstić information content (AvgIpc) is 3.20. The van der Waals surface area contributed by atoms with Crippen LogP contribution in [0.25, 0.3) is 11.1 Å². The number of nitrogens with zero attached hydrogens (tertiary/aromatic N) is 4. The van der Waals surface area contributed by atoms with Gasteiger partial charge in [0.05, 0.1) is 27.1 Å². The van der Waals surface area contributed by atoms with Crippen LogP contribution < -0.4 is 4.18 Å². The lowest BCUT2D eigenvalue weighted by atomic mass is 10.1. The summed E-state index contributed by atoms with van der Waals surface area (Å²) < 4.78 is 33.8. The fraction of sp³-hybridized carbons (Fsp3) is 0.160. The molecule has 0 aliphatic carbocycles. The molecule has 0 saturated carbocycles. The van der Waals surface area contributed by atoms with Crippen LogP contribution in [-0.4, -0.2) is 28.0 Å². The Morgan fingerprint density at radius 3 is 2.21 bits per heavy atom. The van der Waals surface area contributed by atoms with Gasteiger partial charge in [-0.15, -0.1) is 0 Å². The Labute approximate surface area is 222 Å². The number of aryl methyl sites for hydroxylation is 2. The summed E-state index contributed by atoms with van der Waals surface area (Å²) in [5, 5.41) is 27.7. The lowest BCUT2D eigenvalue weighted by Crippen LogP contribution is -2.17. The molecule has 13 heteroatoms. The van der Waals surface area contributed by atoms with Crippen molar-refractivity contribution in [2.75, 3.05) is 0 Å². The Balaban J connectivity index is 1.88. The van der Waals surface area contributed by atoms with Crippen LogP contribution in [0, 0.1) is 34.1 Å². The minimum Gasteiger partial charge on any atom is -0.358 e. The van der Waals surface area contributed by atoms with Gasteiger partial charge >= 0.3 is 21.5 Å². The fourth-order valence-corrected chi connectivity index (χ4v) is 5.07. The normalized spacial score (nSPS) is 12.2. The molecule has 38 heavy (non-hydrogen) atoms. The van der Waals surface area contributed by atoms with Crippen molar-refractivity contribution in [1.29, 1.82) is 0 Å². The van der Waals surface area contributed by atoms with E-state index >= 15 is 0 Å². The highest BCUT2D eigenvalue weighted by Gasteiger charge is 2.32. The summed E-state index contributed by atoms with van der Waals surface area (Å²) >= 11 is 6.32. The van der Waals surface area contributed by atoms with E-state index in [2.05, 4.69) is 5.10 Å². The van der Waals surface area contributed by atoms with Crippen molar-refractivity contribution in [2.45, 2.75) is 31.7 Å². The summed E-state index contributed by atoms with van der Waals surface area (Å²) in [4.78, 5) is 20.0. The molecule has 1 atom stereocenters. The molecule has 4 aromatic rings. The summed E-state index contributed by atoms with van der Waals surface area (Å²) in [6, 6.07) is 16.0. The molecule has 0 aliphatic rings. The monoisotopic (exact) mass is 556 g/mol. The zero-order chi connectivity index (χ0) is 27.8. The Morgan fingerprint density at radius 1 is 0.947 bits per heavy atom. The number of nitro groups is 2. The molecular weight excluding hydrogens is 536 g/mol. The molecule has 3 aromatic carbocycles. The Kier molecular flexibility index (Phi) is 7.20. The fourth-order valence-electron chi connectivity index (χ4n) is 3.93. The van der Waals surface area contributed by atoms with Crippen molar-refractivity contribution < 1.29 is 22.4 Å². The lowest BCUT2D eigenvalue weighted by Gasteiger charge is -2.18. The van der Waals surface area contributed by atoms with Crippen LogP contribution in [0.3, 0.4) is 0 Å². The Bertz CT molecular complexity index is 1670. The first-order valence-electron chi connectivity index (χ1n) is 11.2. The quantitative estimate of drug-likeness (QED) is 0.145. The number of nitro benzene ring substituents is 2. The molecule has 0 amide bonds. The van der Waals surface area contributed by atoms with Gasteiger partial charge < -0.3 is 4.18 Å². The molecule has 0 N–H and O–H groups in total. The van der Waals surface area contributed by atoms with E-state index in [1.807, 2.05) is 19.1 Å². The van der Waals surface area contributed by atoms with Crippen molar-refractivity contribution in [1.82, 2.24) is 9.78 Å². The van der Waals surface area contributed by atoms with E-state index in [0.717, 1.165) is 23.3 Å². The van der Waals surface area contributed by atoms with Gasteiger partial charge in [0, 0.05) is 17.2 Å². The Morgan fingerprint density at radius 2 is 1.61 bits per heavy atom. The van der Waals surface area contributed by atoms with E-state index in [-0.39, 0.29) is 5.88 Å². The number of rotatable bonds is 8. The third-order valence-electron chi connectivity index (χ3n) is 5.97. The highest BCUT2D eigenvalue weighted by Crippen LogP contribution is 2.39. The van der Waals surface area contributed by atoms with Crippen LogP contribution in [0.2, 0.25) is 5.02 Å². The van der Waals surface area contributed by atoms with Crippen molar-refractivity contribution in [3.63, 3.8) is 0 Å². The minimum absolute atomic E-state index is 0.126. The van der Waals surface area contributed by atoms with Crippen LogP contribution in [0.1, 0.15) is 29.8 Å². The molecule has 1 aromatic heterocycles. The Hall–Kier alpha value is -4.29. The SMILES string of the molecule is Cc1ccc(C(C)n2nc(C)c(-c3ccccc3)c2OS(=O)(=O)c2ccc([N+](=O)[O-])c([N+](=O)[O-])c2)cc1Cl. The van der Waals surface area contributed by atoms with Crippen LogP contribution in [-0.2, 0) is 10.1 Å². The predicted octanol–water partition coefficient (Wildman–Crippen LogP) is 6.01. The molecule has 11 nitrogen and oxygen atoms in total. The number of aromatic nitrogens is 2. The van der Waals surface area contributed by atoms with Gasteiger partial charge in [-0.2, -0.15) is 13.5 Å². The highest BCUT2D eigenvalue weighted by molar-refractivity contribution is 7.87. The summed E-state index contributed by atoms with van der Waals surface area (Å²) in [6.45, 7) is 5.34. The van der Waals surface area contributed by atoms with Gasteiger partial charge in [0.1, 0.15) is 4.90 Å². The third-order valence-corrected chi connectivity index (χ3v) is 7.58. The van der Waals surface area contributed by atoms with Gasteiger partial charge in [0.2, 0.25) is 5.88 Å². The minimum atomic E-state index is -4.70. The molecule has 1 heterocycles. The van der Waals surface area contributed by atoms with Crippen LogP contribution in [0.5, 0.6) is 5.88 Å². The van der Waals surface area contributed by atoms with Gasteiger partial charge in [-0.1, -0.05) is 54.1 Å². The second kappa shape index (κ2) is 10.2. The molecule has 1 unspecified atom stereocenters. The number of hydrogen-bond acceptors (Lipinski definition) is 8. The molecule has 4 rings (SSSR count). The van der Waals surface area contributed by atoms with Gasteiger partial charge in [-0.05, 0) is 49.6 Å². The molecular formula is C25H21ClN4O7S. The standard InChI is InChI=1S/C25H21ClN4O7S/c1-15-9-10-19(13-21(15)26)17(3)28-25(24(16(2)27-28)18-7-5-4-6-8-18)37-38(35,36)20-11-12-22(29(31)32)23(14-20)30(33)34/h4-14,17H,1-3H3. The molecule has 196 valence electrons. The van der Waals surface area contributed by atoms with E-state index in [0.29, 0.717) is 27.9 Å². The molecule has 0 spiro atoms. The van der Waals surface area contributed by atoms with E-state index in [1.54, 1.807) is 50.2 Å². The summed E-state index contributed by atoms with van der Waals surface area (Å²) in [7, 11) is -4.70. The first kappa shape index (κ1) is 26.8. The van der Waals surface area contributed by atoms with Gasteiger partial charge in [-0.25, -0.2) is 4.68 Å². The van der Waals surface area contributed by atoms with Crippen molar-refractivity contribution in [3.8, 4) is 17.0 Å². The van der Waals surface area contributed by atoms with Crippen molar-refractivity contribution in [2.24, 2.45) is 0 Å². The average molecular weight is 557 g/mol. The van der Waals surface area contributed by atoms with E-state index in [4.69, 9.17) is 15.8 Å². The van der Waals surface area contributed by atoms with Crippen LogP contribution in [0.15, 0.2) is 71.6 Å². The largest absolute Gasteiger partial charge is 0.358 e. The predicted molar refractivity (Wildman–Crippen MR) is 140 cm³/mol. The summed E-state index contributed by atoms with van der Waals surface area (Å²) in [6.07, 6.45) is 0. The summed E-state index contributed by atoms with van der Waals surface area (Å²) in [5.74, 6) is -0.126. The van der Waals surface area contributed by atoms with Gasteiger partial charge in [-0.3, -0.25) is 20.2 Å². The maximum atomic E-state index is 13.4. The first-order valence-corrected chi connectivity index (χ1v) is 13.0. The molecule has 0 bridgehead atoms. The smallest absolute Gasteiger partial charge is 0.347 e. The summed E-state index contributed by atoms with van der Waals surface area (Å²) in [5.41, 5.74) is 1.28. The third kappa shape index (κ3) is 5.08. The van der Waals surface area contributed by atoms with Crippen molar-refractivity contribution in [3.05, 3.63) is 109 Å². The number of halogens is 1. The molecule has 0 radical (unpaired) electrons. The lowest BCUT2D eigenvalue weighted by molar-refractivity contribution is -0.422. The molecule has 0 saturated heterocycles. The van der Waals surface area contributed by atoms with Crippen LogP contribution >= 0.6 is 11.6 Å². The zero-order valence-electron chi connectivity index (χ0n) is 20.4. The zero-order valence-corrected chi connectivity index (χ0v) is 21.9. The topological polar surface area (TPSA) is 147 Å². The number of hydrogen-bond donors (Lipinski definition) is 0. The van der Waals surface area contributed by atoms with Crippen molar-refractivity contribution >= 4 is 33.1 Å². The maximum absolute atomic E-state index is 13.4. The maximum Gasteiger partial charge on any atom is 0.347 e. The van der Waals surface area contributed by atoms with Crippen LogP contribution in [0.4, 0.5) is 11.4 Å². The molecule has 0 fully saturated rings. The van der Waals surface area contributed by atoms with E-state index in [1.165, 1.54) is 4.68 Å². The molecule has 0 aliphatic heterocycles. The van der Waals surface area contributed by atoms with E-state index in [9.17, 15) is 28.6 Å². The highest BCUT2D eigenvalue weighted by atomic mass is 35.5. The van der Waals surface area contributed by atoms with E-state index < -0.39 is 42.3 Å². The second-order valence-corrected chi connectivity index (χ2v) is 10.4. The van der Waals surface area contributed by atoms with Gasteiger partial charge in [0.15, 0.2) is 0 Å².